The van der Waals surface area contributed by atoms with Crippen LogP contribution in [-0.4, -0.2) is 49.0 Å². The Bertz CT molecular complexity index is 1260. The molecule has 3 aromatic rings. The summed E-state index contributed by atoms with van der Waals surface area (Å²) in [6, 6.07) is 8.61. The first-order valence-corrected chi connectivity index (χ1v) is 11.5. The lowest BCUT2D eigenvalue weighted by Gasteiger charge is -2.30. The number of hydrogen-bond donors (Lipinski definition) is 1. The minimum absolute atomic E-state index is 0.0201. The van der Waals surface area contributed by atoms with Gasteiger partial charge in [-0.05, 0) is 49.2 Å². The molecule has 4 rings (SSSR count). The highest BCUT2D eigenvalue weighted by Gasteiger charge is 2.34. The van der Waals surface area contributed by atoms with Gasteiger partial charge in [0.15, 0.2) is 0 Å². The van der Waals surface area contributed by atoms with Gasteiger partial charge in [-0.25, -0.2) is 17.2 Å². The zero-order valence-corrected chi connectivity index (χ0v) is 18.3. The summed E-state index contributed by atoms with van der Waals surface area (Å²) in [4.78, 5) is 12.8. The van der Waals surface area contributed by atoms with Crippen LogP contribution in [0.4, 0.5) is 14.8 Å². The quantitative estimate of drug-likeness (QED) is 0.579. The maximum atomic E-state index is 13.9. The van der Waals surface area contributed by atoms with Crippen LogP contribution in [0.5, 0.6) is 5.75 Å². The molecular formula is C21H20F2N4O5S. The van der Waals surface area contributed by atoms with E-state index < -0.39 is 33.5 Å². The maximum Gasteiger partial charge on any atom is 0.322 e. The Morgan fingerprint density at radius 1 is 1.18 bits per heavy atom. The first-order valence-electron chi connectivity index (χ1n) is 10.0. The molecule has 0 aliphatic carbocycles. The number of hydrogen-bond acceptors (Lipinski definition) is 7. The molecule has 2 heterocycles. The van der Waals surface area contributed by atoms with Crippen LogP contribution in [0.1, 0.15) is 12.8 Å². The van der Waals surface area contributed by atoms with Crippen LogP contribution < -0.4 is 10.1 Å². The molecule has 0 saturated carbocycles. The van der Waals surface area contributed by atoms with Gasteiger partial charge in [0.2, 0.25) is 15.9 Å². The minimum atomic E-state index is -3.79. The predicted molar refractivity (Wildman–Crippen MR) is 113 cm³/mol. The molecule has 9 nitrogen and oxygen atoms in total. The summed E-state index contributed by atoms with van der Waals surface area (Å²) < 4.78 is 64.6. The number of anilines is 1. The van der Waals surface area contributed by atoms with E-state index in [0.717, 1.165) is 12.1 Å². The number of amides is 1. The molecule has 1 aliphatic rings. The standard InChI is InChI=1S/C21H20F2N4O5S/c1-31-15-5-7-16(8-6-15)33(29,30)27-10-2-3-13(12-27)19(28)24-21-26-25-20(32-21)17-9-4-14(22)11-18(17)23/h4-9,11,13H,2-3,10,12H2,1H3,(H,24,26,28). The molecule has 1 saturated heterocycles. The molecule has 0 radical (unpaired) electrons. The zero-order valence-electron chi connectivity index (χ0n) is 17.5. The molecular weight excluding hydrogens is 458 g/mol. The van der Waals surface area contributed by atoms with Gasteiger partial charge in [-0.3, -0.25) is 10.1 Å². The van der Waals surface area contributed by atoms with Gasteiger partial charge in [0, 0.05) is 19.2 Å². The van der Waals surface area contributed by atoms with E-state index in [1.54, 1.807) is 12.1 Å². The smallest absolute Gasteiger partial charge is 0.322 e. The Kier molecular flexibility index (Phi) is 6.38. The summed E-state index contributed by atoms with van der Waals surface area (Å²) in [5.41, 5.74) is -0.112. The maximum absolute atomic E-state index is 13.9. The molecule has 1 fully saturated rings. The number of benzene rings is 2. The molecule has 12 heteroatoms. The van der Waals surface area contributed by atoms with Crippen LogP contribution in [0, 0.1) is 17.6 Å². The second-order valence-electron chi connectivity index (χ2n) is 7.40. The number of ether oxygens (including phenoxy) is 1. The SMILES string of the molecule is COc1ccc(S(=O)(=O)N2CCCC(C(=O)Nc3nnc(-c4ccc(F)cc4F)o3)C2)cc1. The summed E-state index contributed by atoms with van der Waals surface area (Å²) in [5.74, 6) is -2.48. The number of piperidine rings is 1. The molecule has 0 bridgehead atoms. The first-order chi connectivity index (χ1) is 15.8. The summed E-state index contributed by atoms with van der Waals surface area (Å²) >= 11 is 0. The third kappa shape index (κ3) is 4.86. The third-order valence-corrected chi connectivity index (χ3v) is 7.15. The molecule has 1 amide bonds. The predicted octanol–water partition coefficient (Wildman–Crippen LogP) is 3.06. The Morgan fingerprint density at radius 2 is 1.94 bits per heavy atom. The van der Waals surface area contributed by atoms with E-state index in [9.17, 15) is 22.0 Å². The molecule has 1 aromatic heterocycles. The summed E-state index contributed by atoms with van der Waals surface area (Å²) in [5, 5.41) is 9.79. The van der Waals surface area contributed by atoms with Crippen LogP contribution in [0.2, 0.25) is 0 Å². The van der Waals surface area contributed by atoms with E-state index in [1.807, 2.05) is 0 Å². The monoisotopic (exact) mass is 478 g/mol. The summed E-state index contributed by atoms with van der Waals surface area (Å²) in [6.07, 6.45) is 0.956. The van der Waals surface area contributed by atoms with Gasteiger partial charge in [0.05, 0.1) is 23.5 Å². The van der Waals surface area contributed by atoms with Crippen molar-refractivity contribution >= 4 is 21.9 Å². The van der Waals surface area contributed by atoms with Crippen molar-refractivity contribution in [3.8, 4) is 17.2 Å². The lowest BCUT2D eigenvalue weighted by Crippen LogP contribution is -2.43. The van der Waals surface area contributed by atoms with E-state index in [0.29, 0.717) is 24.7 Å². The van der Waals surface area contributed by atoms with Crippen molar-refractivity contribution in [2.45, 2.75) is 17.7 Å². The van der Waals surface area contributed by atoms with Gasteiger partial charge < -0.3 is 9.15 Å². The number of aromatic nitrogens is 2. The molecule has 1 atom stereocenters. The molecule has 1 N–H and O–H groups in total. The van der Waals surface area contributed by atoms with E-state index in [-0.39, 0.29) is 35.5 Å². The minimum Gasteiger partial charge on any atom is -0.497 e. The summed E-state index contributed by atoms with van der Waals surface area (Å²) in [6.45, 7) is 0.264. The van der Waals surface area contributed by atoms with Crippen LogP contribution >= 0.6 is 0 Å². The average molecular weight is 478 g/mol. The number of nitrogens with one attached hydrogen (secondary N) is 1. The Hall–Kier alpha value is -3.38. The highest BCUT2D eigenvalue weighted by atomic mass is 32.2. The van der Waals surface area contributed by atoms with Crippen molar-refractivity contribution in [2.75, 3.05) is 25.5 Å². The van der Waals surface area contributed by atoms with Gasteiger partial charge in [-0.2, -0.15) is 4.31 Å². The molecule has 0 spiro atoms. The van der Waals surface area contributed by atoms with E-state index in [4.69, 9.17) is 9.15 Å². The Balaban J connectivity index is 1.44. The number of nitrogens with zero attached hydrogens (tertiary/aromatic N) is 3. The number of methoxy groups -OCH3 is 1. The van der Waals surface area contributed by atoms with Crippen molar-refractivity contribution in [1.82, 2.24) is 14.5 Å². The number of halogens is 2. The van der Waals surface area contributed by atoms with Crippen LogP contribution in [0.15, 0.2) is 51.8 Å². The number of carbonyl (C=O) groups is 1. The molecule has 174 valence electrons. The zero-order chi connectivity index (χ0) is 23.6. The van der Waals surface area contributed by atoms with Gasteiger partial charge >= 0.3 is 6.01 Å². The van der Waals surface area contributed by atoms with Gasteiger partial charge in [-0.15, -0.1) is 5.10 Å². The molecule has 1 aliphatic heterocycles. The lowest BCUT2D eigenvalue weighted by molar-refractivity contribution is -0.121. The van der Waals surface area contributed by atoms with Crippen LogP contribution in [-0.2, 0) is 14.8 Å². The number of carbonyl (C=O) groups excluding carboxylic acids is 1. The molecule has 2 aromatic carbocycles. The van der Waals surface area contributed by atoms with Crippen LogP contribution in [0.3, 0.4) is 0 Å². The normalized spacial score (nSPS) is 17.0. The van der Waals surface area contributed by atoms with Crippen molar-refractivity contribution in [1.29, 1.82) is 0 Å². The van der Waals surface area contributed by atoms with Crippen molar-refractivity contribution < 1.29 is 31.1 Å². The lowest BCUT2D eigenvalue weighted by atomic mass is 9.99. The van der Waals surface area contributed by atoms with E-state index in [2.05, 4.69) is 15.5 Å². The second kappa shape index (κ2) is 9.24. The van der Waals surface area contributed by atoms with Gasteiger partial charge in [-0.1, -0.05) is 5.10 Å². The largest absolute Gasteiger partial charge is 0.497 e. The number of rotatable bonds is 6. The van der Waals surface area contributed by atoms with Gasteiger partial charge in [0.1, 0.15) is 17.4 Å². The number of sulfonamides is 1. The van der Waals surface area contributed by atoms with Crippen molar-refractivity contribution in [3.63, 3.8) is 0 Å². The van der Waals surface area contributed by atoms with Crippen molar-refractivity contribution in [3.05, 3.63) is 54.1 Å². The molecule has 1 unspecified atom stereocenters. The third-order valence-electron chi connectivity index (χ3n) is 5.27. The summed E-state index contributed by atoms with van der Waals surface area (Å²) in [7, 11) is -2.31. The topological polar surface area (TPSA) is 115 Å². The van der Waals surface area contributed by atoms with Crippen molar-refractivity contribution in [2.24, 2.45) is 5.92 Å². The Labute approximate surface area is 188 Å². The second-order valence-corrected chi connectivity index (χ2v) is 9.34. The fraction of sp³-hybridized carbons (Fsp3) is 0.286. The van der Waals surface area contributed by atoms with E-state index in [1.165, 1.54) is 23.5 Å². The fourth-order valence-corrected chi connectivity index (χ4v) is 5.05. The van der Waals surface area contributed by atoms with Crippen LogP contribution in [0.25, 0.3) is 11.5 Å². The average Bonchev–Trinajstić information content (AvgIpc) is 3.27. The van der Waals surface area contributed by atoms with E-state index >= 15 is 0 Å². The Morgan fingerprint density at radius 3 is 2.64 bits per heavy atom. The fourth-order valence-electron chi connectivity index (χ4n) is 3.52. The molecule has 33 heavy (non-hydrogen) atoms. The highest BCUT2D eigenvalue weighted by Crippen LogP contribution is 2.27. The first kappa shape index (κ1) is 22.8. The highest BCUT2D eigenvalue weighted by molar-refractivity contribution is 7.89. The van der Waals surface area contributed by atoms with Gasteiger partial charge in [0.25, 0.3) is 5.89 Å².